The van der Waals surface area contributed by atoms with E-state index in [1.165, 1.54) is 38.9 Å². The van der Waals surface area contributed by atoms with Crippen molar-refractivity contribution in [1.82, 2.24) is 15.5 Å². The predicted octanol–water partition coefficient (Wildman–Crippen LogP) is 1.30. The van der Waals surface area contributed by atoms with Crippen LogP contribution in [0.5, 0.6) is 0 Å². The summed E-state index contributed by atoms with van der Waals surface area (Å²) < 4.78 is 0. The number of terminal acetylenes is 1. The van der Waals surface area contributed by atoms with Gasteiger partial charge in [0.1, 0.15) is 0 Å². The zero-order valence-corrected chi connectivity index (χ0v) is 12.4. The van der Waals surface area contributed by atoms with E-state index >= 15 is 0 Å². The lowest BCUT2D eigenvalue weighted by molar-refractivity contribution is 0.188. The molecule has 0 radical (unpaired) electrons. The molecule has 0 saturated carbocycles. The molecule has 0 atom stereocenters. The van der Waals surface area contributed by atoms with Crippen LogP contribution < -0.4 is 10.6 Å². The Bertz CT molecular complexity index is 298. The van der Waals surface area contributed by atoms with Crippen molar-refractivity contribution < 1.29 is 0 Å². The maximum Gasteiger partial charge on any atom is 0.192 e. The van der Waals surface area contributed by atoms with Gasteiger partial charge in [0.25, 0.3) is 0 Å². The standard InChI is InChI=1S/C15H28N4/c1-4-10-17-15(16-5-2)18-11-7-14-8-12-19(6-3)13-9-14/h1,14H,5-13H2,2-3H3,(H2,16,17,18). The van der Waals surface area contributed by atoms with Crippen LogP contribution in [0.1, 0.15) is 33.1 Å². The Hall–Kier alpha value is -1.21. The van der Waals surface area contributed by atoms with E-state index in [2.05, 4.69) is 40.3 Å². The quantitative estimate of drug-likeness (QED) is 0.431. The van der Waals surface area contributed by atoms with Crippen LogP contribution in [0, 0.1) is 18.3 Å². The lowest BCUT2D eigenvalue weighted by Crippen LogP contribution is -2.37. The molecule has 0 unspecified atom stereocenters. The zero-order valence-electron chi connectivity index (χ0n) is 12.4. The topological polar surface area (TPSA) is 39.7 Å². The monoisotopic (exact) mass is 264 g/mol. The Morgan fingerprint density at radius 3 is 2.63 bits per heavy atom. The van der Waals surface area contributed by atoms with E-state index in [4.69, 9.17) is 6.42 Å². The minimum absolute atomic E-state index is 0.528. The van der Waals surface area contributed by atoms with Crippen molar-refractivity contribution in [1.29, 1.82) is 0 Å². The molecule has 4 nitrogen and oxygen atoms in total. The molecule has 19 heavy (non-hydrogen) atoms. The molecule has 1 saturated heterocycles. The molecule has 4 heteroatoms. The summed E-state index contributed by atoms with van der Waals surface area (Å²) in [5.41, 5.74) is 0. The minimum Gasteiger partial charge on any atom is -0.357 e. The van der Waals surface area contributed by atoms with Gasteiger partial charge in [-0.05, 0) is 51.7 Å². The molecule has 1 heterocycles. The van der Waals surface area contributed by atoms with Crippen LogP contribution in [0.3, 0.4) is 0 Å². The predicted molar refractivity (Wildman–Crippen MR) is 82.3 cm³/mol. The van der Waals surface area contributed by atoms with Gasteiger partial charge in [0.2, 0.25) is 0 Å². The number of rotatable bonds is 6. The van der Waals surface area contributed by atoms with Crippen LogP contribution in [-0.2, 0) is 0 Å². The highest BCUT2D eigenvalue weighted by Crippen LogP contribution is 2.19. The lowest BCUT2D eigenvalue weighted by Gasteiger charge is -2.30. The molecule has 1 aliphatic rings. The van der Waals surface area contributed by atoms with Gasteiger partial charge < -0.3 is 15.5 Å². The van der Waals surface area contributed by atoms with E-state index in [9.17, 15) is 0 Å². The molecule has 0 bridgehead atoms. The molecular formula is C15H28N4. The summed E-state index contributed by atoms with van der Waals surface area (Å²) in [5, 5.41) is 6.33. The molecule has 0 aromatic rings. The third-order valence-electron chi connectivity index (χ3n) is 3.66. The second-order valence-electron chi connectivity index (χ2n) is 4.98. The third-order valence-corrected chi connectivity index (χ3v) is 3.66. The number of guanidine groups is 1. The Morgan fingerprint density at radius 1 is 1.32 bits per heavy atom. The van der Waals surface area contributed by atoms with Crippen LogP contribution in [0.15, 0.2) is 4.99 Å². The Morgan fingerprint density at radius 2 is 2.05 bits per heavy atom. The number of hydrogen-bond acceptors (Lipinski definition) is 2. The first-order valence-electron chi connectivity index (χ1n) is 7.48. The normalized spacial score (nSPS) is 18.1. The highest BCUT2D eigenvalue weighted by Gasteiger charge is 2.17. The van der Waals surface area contributed by atoms with Gasteiger partial charge in [-0.1, -0.05) is 12.8 Å². The van der Waals surface area contributed by atoms with Crippen LogP contribution in [0.2, 0.25) is 0 Å². The van der Waals surface area contributed by atoms with E-state index < -0.39 is 0 Å². The largest absolute Gasteiger partial charge is 0.357 e. The Labute approximate surface area is 118 Å². The summed E-state index contributed by atoms with van der Waals surface area (Å²) in [6.45, 7) is 10.3. The van der Waals surface area contributed by atoms with Gasteiger partial charge in [0.05, 0.1) is 6.54 Å². The number of likely N-dealkylation sites (tertiary alicyclic amines) is 1. The van der Waals surface area contributed by atoms with Gasteiger partial charge in [0, 0.05) is 13.1 Å². The summed E-state index contributed by atoms with van der Waals surface area (Å²) in [7, 11) is 0. The molecule has 0 aromatic heterocycles. The molecule has 108 valence electrons. The fourth-order valence-electron chi connectivity index (χ4n) is 2.43. The van der Waals surface area contributed by atoms with Gasteiger partial charge in [-0.25, -0.2) is 0 Å². The van der Waals surface area contributed by atoms with Crippen molar-refractivity contribution in [3.05, 3.63) is 0 Å². The summed E-state index contributed by atoms with van der Waals surface area (Å²) in [5.74, 6) is 4.24. The summed E-state index contributed by atoms with van der Waals surface area (Å²) in [4.78, 5) is 7.10. The summed E-state index contributed by atoms with van der Waals surface area (Å²) in [6, 6.07) is 0. The SMILES string of the molecule is C#CCNC(=NCCC1CCN(CC)CC1)NCC. The van der Waals surface area contributed by atoms with Crippen LogP contribution >= 0.6 is 0 Å². The number of hydrogen-bond donors (Lipinski definition) is 2. The Balaban J connectivity index is 2.24. The highest BCUT2D eigenvalue weighted by molar-refractivity contribution is 5.79. The molecule has 1 aliphatic heterocycles. The average Bonchev–Trinajstić information content (AvgIpc) is 2.45. The first-order valence-corrected chi connectivity index (χ1v) is 7.48. The lowest BCUT2D eigenvalue weighted by atomic mass is 9.94. The van der Waals surface area contributed by atoms with Crippen molar-refractivity contribution in [2.45, 2.75) is 33.1 Å². The fourth-order valence-corrected chi connectivity index (χ4v) is 2.43. The van der Waals surface area contributed by atoms with Crippen molar-refractivity contribution in [3.8, 4) is 12.3 Å². The number of piperidine rings is 1. The van der Waals surface area contributed by atoms with E-state index in [0.29, 0.717) is 6.54 Å². The van der Waals surface area contributed by atoms with Crippen molar-refractivity contribution in [2.24, 2.45) is 10.9 Å². The van der Waals surface area contributed by atoms with Gasteiger partial charge in [-0.15, -0.1) is 6.42 Å². The molecule has 0 aliphatic carbocycles. The molecule has 0 amide bonds. The van der Waals surface area contributed by atoms with Crippen molar-refractivity contribution >= 4 is 5.96 Å². The van der Waals surface area contributed by atoms with Crippen LogP contribution in [0.4, 0.5) is 0 Å². The first kappa shape index (κ1) is 15.8. The molecule has 0 aromatic carbocycles. The molecular weight excluding hydrogens is 236 g/mol. The Kier molecular flexibility index (Phi) is 8.08. The van der Waals surface area contributed by atoms with Crippen LogP contribution in [-0.4, -0.2) is 50.1 Å². The van der Waals surface area contributed by atoms with E-state index in [1.807, 2.05) is 0 Å². The van der Waals surface area contributed by atoms with Crippen molar-refractivity contribution in [2.75, 3.05) is 39.3 Å². The smallest absolute Gasteiger partial charge is 0.192 e. The maximum atomic E-state index is 5.24. The number of nitrogens with zero attached hydrogens (tertiary/aromatic N) is 2. The molecule has 0 spiro atoms. The zero-order chi connectivity index (χ0) is 13.9. The van der Waals surface area contributed by atoms with Crippen LogP contribution in [0.25, 0.3) is 0 Å². The number of nitrogens with one attached hydrogen (secondary N) is 2. The average molecular weight is 264 g/mol. The van der Waals surface area contributed by atoms with Gasteiger partial charge in [-0.2, -0.15) is 0 Å². The van der Waals surface area contributed by atoms with Gasteiger partial charge in [-0.3, -0.25) is 4.99 Å². The van der Waals surface area contributed by atoms with Crippen molar-refractivity contribution in [3.63, 3.8) is 0 Å². The molecule has 2 N–H and O–H groups in total. The van der Waals surface area contributed by atoms with Gasteiger partial charge >= 0.3 is 0 Å². The maximum absolute atomic E-state index is 5.24. The van der Waals surface area contributed by atoms with E-state index in [-0.39, 0.29) is 0 Å². The number of aliphatic imine (C=N–C) groups is 1. The molecule has 1 rings (SSSR count). The minimum atomic E-state index is 0.528. The second kappa shape index (κ2) is 9.69. The second-order valence-corrected chi connectivity index (χ2v) is 4.98. The van der Waals surface area contributed by atoms with Gasteiger partial charge in [0.15, 0.2) is 5.96 Å². The summed E-state index contributed by atoms with van der Waals surface area (Å²) >= 11 is 0. The van der Waals surface area contributed by atoms with E-state index in [0.717, 1.165) is 25.0 Å². The molecule has 1 fully saturated rings. The van der Waals surface area contributed by atoms with E-state index in [1.54, 1.807) is 0 Å². The summed E-state index contributed by atoms with van der Waals surface area (Å²) in [6.07, 6.45) is 9.06. The first-order chi connectivity index (χ1) is 9.30. The fraction of sp³-hybridized carbons (Fsp3) is 0.800. The highest BCUT2D eigenvalue weighted by atomic mass is 15.2. The third kappa shape index (κ3) is 6.49.